The summed E-state index contributed by atoms with van der Waals surface area (Å²) < 4.78 is 0. The summed E-state index contributed by atoms with van der Waals surface area (Å²) in [6.45, 7) is 1.37. The van der Waals surface area contributed by atoms with Gasteiger partial charge in [-0.3, -0.25) is 14.4 Å². The average molecular weight is 252 g/mol. The van der Waals surface area contributed by atoms with Crippen LogP contribution >= 0.6 is 0 Å². The Morgan fingerprint density at radius 3 is 1.79 bits per heavy atom. The first-order valence-electron chi connectivity index (χ1n) is 5.85. The molecule has 0 aromatic heterocycles. The molecule has 0 spiro atoms. The third kappa shape index (κ3) is 2.65. The quantitative estimate of drug-likeness (QED) is 0.621. The van der Waals surface area contributed by atoms with Crippen molar-refractivity contribution in [3.63, 3.8) is 0 Å². The predicted octanol–water partition coefficient (Wildman–Crippen LogP) is 2.95. The van der Waals surface area contributed by atoms with Crippen molar-refractivity contribution in [1.29, 1.82) is 0 Å². The Morgan fingerprint density at radius 1 is 0.684 bits per heavy atom. The molecule has 0 aliphatic heterocycles. The van der Waals surface area contributed by atoms with Crippen molar-refractivity contribution in [2.75, 3.05) is 0 Å². The number of benzene rings is 2. The lowest BCUT2D eigenvalue weighted by atomic mass is 9.96. The van der Waals surface area contributed by atoms with E-state index in [1.54, 1.807) is 48.5 Å². The maximum Gasteiger partial charge on any atom is 0.234 e. The molecular weight excluding hydrogens is 240 g/mol. The number of carbonyl (C=O) groups is 3. The summed E-state index contributed by atoms with van der Waals surface area (Å²) in [6.07, 6.45) is 0. The summed E-state index contributed by atoms with van der Waals surface area (Å²) >= 11 is 0. The number of rotatable bonds is 4. The number of hydrogen-bond acceptors (Lipinski definition) is 3. The van der Waals surface area contributed by atoms with Gasteiger partial charge in [0, 0.05) is 16.7 Å². The summed E-state index contributed by atoms with van der Waals surface area (Å²) in [6, 6.07) is 14.7. The van der Waals surface area contributed by atoms with Gasteiger partial charge in [-0.05, 0) is 6.92 Å². The summed E-state index contributed by atoms with van der Waals surface area (Å²) in [5, 5.41) is 0. The van der Waals surface area contributed by atoms with Crippen LogP contribution in [0.15, 0.2) is 54.6 Å². The monoisotopic (exact) mass is 252 g/mol. The Kier molecular flexibility index (Phi) is 3.66. The lowest BCUT2D eigenvalue weighted by molar-refractivity contribution is 0.0815. The molecule has 2 aromatic rings. The van der Waals surface area contributed by atoms with Gasteiger partial charge in [-0.1, -0.05) is 54.6 Å². The van der Waals surface area contributed by atoms with E-state index in [1.807, 2.05) is 0 Å². The van der Waals surface area contributed by atoms with Crippen LogP contribution in [0.1, 0.15) is 38.0 Å². The van der Waals surface area contributed by atoms with E-state index in [-0.39, 0.29) is 16.9 Å². The Labute approximate surface area is 110 Å². The third-order valence-corrected chi connectivity index (χ3v) is 2.79. The van der Waals surface area contributed by atoms with Gasteiger partial charge < -0.3 is 0 Å². The molecule has 0 aliphatic carbocycles. The second-order valence-electron chi connectivity index (χ2n) is 4.13. The second kappa shape index (κ2) is 5.40. The second-order valence-corrected chi connectivity index (χ2v) is 4.13. The molecule has 0 aliphatic rings. The minimum absolute atomic E-state index is 0.156. The number of hydrogen-bond donors (Lipinski definition) is 0. The lowest BCUT2D eigenvalue weighted by Gasteiger charge is -2.05. The highest BCUT2D eigenvalue weighted by Gasteiger charge is 2.21. The number of carbonyl (C=O) groups excluding carboxylic acids is 3. The normalized spacial score (nSPS) is 9.95. The molecule has 2 aromatic carbocycles. The summed E-state index contributed by atoms with van der Waals surface area (Å²) in [5.41, 5.74) is 0.756. The largest absolute Gasteiger partial charge is 0.294 e. The molecule has 19 heavy (non-hydrogen) atoms. The zero-order chi connectivity index (χ0) is 13.8. The van der Waals surface area contributed by atoms with Crippen LogP contribution in [0.4, 0.5) is 0 Å². The highest BCUT2D eigenvalue weighted by atomic mass is 16.2. The first kappa shape index (κ1) is 12.9. The molecule has 0 heterocycles. The molecule has 0 fully saturated rings. The van der Waals surface area contributed by atoms with Gasteiger partial charge >= 0.3 is 0 Å². The minimum Gasteiger partial charge on any atom is -0.294 e. The van der Waals surface area contributed by atoms with E-state index >= 15 is 0 Å². The molecule has 0 amide bonds. The highest BCUT2D eigenvalue weighted by Crippen LogP contribution is 2.13. The zero-order valence-electron chi connectivity index (χ0n) is 10.4. The standard InChI is InChI=1S/C16H12O3/c1-11(17)13-9-5-6-10-14(13)16(19)15(18)12-7-3-2-4-8-12/h2-10H,1H3. The predicted molar refractivity (Wildman–Crippen MR) is 71.5 cm³/mol. The van der Waals surface area contributed by atoms with Crippen LogP contribution in [0.25, 0.3) is 0 Å². The maximum atomic E-state index is 12.2. The van der Waals surface area contributed by atoms with Gasteiger partial charge in [0.25, 0.3) is 0 Å². The van der Waals surface area contributed by atoms with Crippen LogP contribution in [0, 0.1) is 0 Å². The van der Waals surface area contributed by atoms with Gasteiger partial charge in [0.2, 0.25) is 11.6 Å². The van der Waals surface area contributed by atoms with Crippen molar-refractivity contribution in [3.05, 3.63) is 71.3 Å². The summed E-state index contributed by atoms with van der Waals surface area (Å²) in [5.74, 6) is -1.49. The van der Waals surface area contributed by atoms with E-state index in [1.165, 1.54) is 13.0 Å². The van der Waals surface area contributed by atoms with Crippen molar-refractivity contribution >= 4 is 17.3 Å². The molecular formula is C16H12O3. The van der Waals surface area contributed by atoms with E-state index in [0.717, 1.165) is 0 Å². The first-order valence-corrected chi connectivity index (χ1v) is 5.85. The SMILES string of the molecule is CC(=O)c1ccccc1C(=O)C(=O)c1ccccc1. The Bertz CT molecular complexity index is 642. The van der Waals surface area contributed by atoms with Gasteiger partial charge in [-0.2, -0.15) is 0 Å². The van der Waals surface area contributed by atoms with Gasteiger partial charge in [0.1, 0.15) is 0 Å². The fourth-order valence-electron chi connectivity index (χ4n) is 1.83. The first-order chi connectivity index (χ1) is 9.11. The lowest BCUT2D eigenvalue weighted by Crippen LogP contribution is -2.17. The van der Waals surface area contributed by atoms with E-state index < -0.39 is 11.6 Å². The van der Waals surface area contributed by atoms with Crippen LogP contribution in [-0.2, 0) is 0 Å². The molecule has 0 atom stereocenters. The molecule has 0 bridgehead atoms. The van der Waals surface area contributed by atoms with Crippen molar-refractivity contribution in [3.8, 4) is 0 Å². The molecule has 3 nitrogen and oxygen atoms in total. The van der Waals surface area contributed by atoms with Gasteiger partial charge in [-0.25, -0.2) is 0 Å². The van der Waals surface area contributed by atoms with Crippen LogP contribution in [-0.4, -0.2) is 17.3 Å². The Balaban J connectivity index is 2.41. The summed E-state index contributed by atoms with van der Waals surface area (Å²) in [4.78, 5) is 35.7. The van der Waals surface area contributed by atoms with Crippen LogP contribution < -0.4 is 0 Å². The van der Waals surface area contributed by atoms with Gasteiger partial charge in [-0.15, -0.1) is 0 Å². The molecule has 0 radical (unpaired) electrons. The minimum atomic E-state index is -0.656. The van der Waals surface area contributed by atoms with Crippen LogP contribution in [0.3, 0.4) is 0 Å². The Morgan fingerprint density at radius 2 is 1.21 bits per heavy atom. The van der Waals surface area contributed by atoms with Crippen molar-refractivity contribution in [1.82, 2.24) is 0 Å². The smallest absolute Gasteiger partial charge is 0.234 e. The van der Waals surface area contributed by atoms with Crippen molar-refractivity contribution in [2.45, 2.75) is 6.92 Å². The highest BCUT2D eigenvalue weighted by molar-refractivity contribution is 6.50. The van der Waals surface area contributed by atoms with E-state index in [4.69, 9.17) is 0 Å². The van der Waals surface area contributed by atoms with Crippen molar-refractivity contribution < 1.29 is 14.4 Å². The molecule has 0 saturated carbocycles. The zero-order valence-corrected chi connectivity index (χ0v) is 10.4. The molecule has 94 valence electrons. The fraction of sp³-hybridized carbons (Fsp3) is 0.0625. The van der Waals surface area contributed by atoms with E-state index in [2.05, 4.69) is 0 Å². The number of Topliss-reactive ketones (excluding diaryl/α,β-unsaturated/α-hetero) is 3. The third-order valence-electron chi connectivity index (χ3n) is 2.79. The molecule has 0 unspecified atom stereocenters. The molecule has 2 rings (SSSR count). The topological polar surface area (TPSA) is 51.2 Å². The van der Waals surface area contributed by atoms with Crippen LogP contribution in [0.2, 0.25) is 0 Å². The summed E-state index contributed by atoms with van der Waals surface area (Å²) in [7, 11) is 0. The average Bonchev–Trinajstić information content (AvgIpc) is 2.46. The molecule has 0 saturated heterocycles. The molecule has 3 heteroatoms. The van der Waals surface area contributed by atoms with Gasteiger partial charge in [0.15, 0.2) is 5.78 Å². The van der Waals surface area contributed by atoms with Crippen LogP contribution in [0.5, 0.6) is 0 Å². The van der Waals surface area contributed by atoms with Crippen molar-refractivity contribution in [2.24, 2.45) is 0 Å². The van der Waals surface area contributed by atoms with Gasteiger partial charge in [0.05, 0.1) is 0 Å². The Hall–Kier alpha value is -2.55. The maximum absolute atomic E-state index is 12.2. The number of ketones is 3. The fourth-order valence-corrected chi connectivity index (χ4v) is 1.83. The van der Waals surface area contributed by atoms with E-state index in [9.17, 15) is 14.4 Å². The van der Waals surface area contributed by atoms with E-state index in [0.29, 0.717) is 5.56 Å². The molecule has 0 N–H and O–H groups in total.